The molecule has 1 aliphatic rings. The summed E-state index contributed by atoms with van der Waals surface area (Å²) in [6.07, 6.45) is 4.01. The maximum atomic E-state index is 12.5. The van der Waals surface area contributed by atoms with Crippen molar-refractivity contribution in [3.63, 3.8) is 0 Å². The summed E-state index contributed by atoms with van der Waals surface area (Å²) in [5, 5.41) is 9.19. The van der Waals surface area contributed by atoms with E-state index in [0.29, 0.717) is 11.7 Å². The van der Waals surface area contributed by atoms with E-state index in [2.05, 4.69) is 15.9 Å². The lowest BCUT2D eigenvalue weighted by Crippen LogP contribution is -2.51. The first-order valence-electron chi connectivity index (χ1n) is 6.14. The lowest BCUT2D eigenvalue weighted by Gasteiger charge is -2.31. The molecule has 1 heterocycles. The van der Waals surface area contributed by atoms with Crippen LogP contribution in [0.15, 0.2) is 16.7 Å². The molecule has 1 amide bonds. The largest absolute Gasteiger partial charge is 0.480 e. The summed E-state index contributed by atoms with van der Waals surface area (Å²) in [4.78, 5) is 25.0. The molecule has 5 nitrogen and oxygen atoms in total. The van der Waals surface area contributed by atoms with Gasteiger partial charge in [0, 0.05) is 23.8 Å². The number of amides is 1. The summed E-state index contributed by atoms with van der Waals surface area (Å²) < 4.78 is 2.77. The van der Waals surface area contributed by atoms with E-state index >= 15 is 0 Å². The number of likely N-dealkylation sites (N-methyl/N-ethyl adjacent to an activating group) is 1. The normalized spacial score (nSPS) is 15.4. The second kappa shape index (κ2) is 4.67. The van der Waals surface area contributed by atoms with Crippen LogP contribution in [0.5, 0.6) is 0 Å². The number of halogens is 1. The number of carboxylic acids is 1. The highest BCUT2D eigenvalue weighted by atomic mass is 79.9. The van der Waals surface area contributed by atoms with Crippen LogP contribution in [0.4, 0.5) is 0 Å². The molecule has 0 unspecified atom stereocenters. The summed E-state index contributed by atoms with van der Waals surface area (Å²) in [6, 6.07) is 2.11. The quantitative estimate of drug-likeness (QED) is 0.923. The Morgan fingerprint density at radius 3 is 2.53 bits per heavy atom. The summed E-state index contributed by atoms with van der Waals surface area (Å²) >= 11 is 3.37. The maximum absolute atomic E-state index is 12.5. The van der Waals surface area contributed by atoms with Crippen LogP contribution in [-0.2, 0) is 4.79 Å². The Hall–Kier alpha value is -1.30. The number of carboxylic acid groups (broad SMARTS) is 1. The number of aliphatic carboxylic acids is 1. The fourth-order valence-electron chi connectivity index (χ4n) is 1.84. The molecule has 1 aliphatic carbocycles. The van der Waals surface area contributed by atoms with Gasteiger partial charge in [0.2, 0.25) is 0 Å². The highest BCUT2D eigenvalue weighted by Crippen LogP contribution is 2.38. The number of carbonyl (C=O) groups is 2. The van der Waals surface area contributed by atoms with Gasteiger partial charge >= 0.3 is 5.97 Å². The average molecular weight is 329 g/mol. The molecule has 1 N–H and O–H groups in total. The molecule has 0 aliphatic heterocycles. The minimum absolute atomic E-state index is 0.273. The zero-order valence-corrected chi connectivity index (χ0v) is 12.8. The SMILES string of the molecule is CN(C(=O)c1cc(Br)cn1C1CC1)C(C)(C)C(=O)O. The lowest BCUT2D eigenvalue weighted by molar-refractivity contribution is -0.147. The Morgan fingerprint density at radius 2 is 2.05 bits per heavy atom. The molecule has 0 saturated heterocycles. The summed E-state index contributed by atoms with van der Waals surface area (Å²) in [7, 11) is 1.52. The predicted octanol–water partition coefficient (Wildman–Crippen LogP) is 2.52. The lowest BCUT2D eigenvalue weighted by atomic mass is 10.0. The minimum Gasteiger partial charge on any atom is -0.480 e. The van der Waals surface area contributed by atoms with E-state index in [0.717, 1.165) is 17.3 Å². The van der Waals surface area contributed by atoms with Crippen molar-refractivity contribution in [1.29, 1.82) is 0 Å². The van der Waals surface area contributed by atoms with Crippen LogP contribution >= 0.6 is 15.9 Å². The minimum atomic E-state index is -1.23. The van der Waals surface area contributed by atoms with Gasteiger partial charge in [-0.3, -0.25) is 4.79 Å². The van der Waals surface area contributed by atoms with Crippen LogP contribution in [-0.4, -0.2) is 39.0 Å². The van der Waals surface area contributed by atoms with Crippen molar-refractivity contribution in [3.8, 4) is 0 Å². The average Bonchev–Trinajstić information content (AvgIpc) is 3.10. The molecule has 0 spiro atoms. The van der Waals surface area contributed by atoms with Crippen molar-refractivity contribution in [2.24, 2.45) is 0 Å². The van der Waals surface area contributed by atoms with Crippen LogP contribution < -0.4 is 0 Å². The Labute approximate surface area is 120 Å². The van der Waals surface area contributed by atoms with E-state index < -0.39 is 11.5 Å². The molecule has 1 aromatic rings. The van der Waals surface area contributed by atoms with Gasteiger partial charge in [0.05, 0.1) is 0 Å². The first-order valence-corrected chi connectivity index (χ1v) is 6.93. The molecule has 19 heavy (non-hydrogen) atoms. The third-order valence-electron chi connectivity index (χ3n) is 3.64. The van der Waals surface area contributed by atoms with Crippen molar-refractivity contribution in [2.75, 3.05) is 7.05 Å². The van der Waals surface area contributed by atoms with Gasteiger partial charge in [-0.1, -0.05) is 0 Å². The fraction of sp³-hybridized carbons (Fsp3) is 0.538. The first-order chi connectivity index (χ1) is 8.75. The second-order valence-corrected chi connectivity index (χ2v) is 6.33. The van der Waals surface area contributed by atoms with Gasteiger partial charge in [0.15, 0.2) is 0 Å². The molecular weight excluding hydrogens is 312 g/mol. The van der Waals surface area contributed by atoms with Crippen molar-refractivity contribution < 1.29 is 14.7 Å². The molecular formula is C13H17BrN2O3. The van der Waals surface area contributed by atoms with Crippen molar-refractivity contribution in [2.45, 2.75) is 38.3 Å². The zero-order valence-electron chi connectivity index (χ0n) is 11.2. The van der Waals surface area contributed by atoms with Gasteiger partial charge < -0.3 is 14.6 Å². The Morgan fingerprint density at radius 1 is 1.47 bits per heavy atom. The van der Waals surface area contributed by atoms with E-state index in [1.165, 1.54) is 25.8 Å². The molecule has 104 valence electrons. The molecule has 1 fully saturated rings. The number of aromatic nitrogens is 1. The summed E-state index contributed by atoms with van der Waals surface area (Å²) in [6.45, 7) is 3.04. The van der Waals surface area contributed by atoms with Crippen LogP contribution in [0, 0.1) is 0 Å². The molecule has 0 radical (unpaired) electrons. The van der Waals surface area contributed by atoms with Crippen LogP contribution in [0.3, 0.4) is 0 Å². The van der Waals surface area contributed by atoms with E-state index in [4.69, 9.17) is 0 Å². The monoisotopic (exact) mass is 328 g/mol. The zero-order chi connectivity index (χ0) is 14.4. The summed E-state index contributed by atoms with van der Waals surface area (Å²) in [5.41, 5.74) is -0.700. The number of rotatable bonds is 4. The van der Waals surface area contributed by atoms with Crippen LogP contribution in [0.1, 0.15) is 43.2 Å². The number of carbonyl (C=O) groups excluding carboxylic acids is 1. The third-order valence-corrected chi connectivity index (χ3v) is 4.07. The summed E-state index contributed by atoms with van der Waals surface area (Å²) in [5.74, 6) is -1.29. The van der Waals surface area contributed by atoms with Gasteiger partial charge in [-0.25, -0.2) is 4.79 Å². The molecule has 1 saturated carbocycles. The Balaban J connectivity index is 2.31. The molecule has 6 heteroatoms. The Kier molecular flexibility index (Phi) is 3.47. The van der Waals surface area contributed by atoms with E-state index in [-0.39, 0.29) is 5.91 Å². The molecule has 0 aromatic carbocycles. The predicted molar refractivity (Wildman–Crippen MR) is 74.2 cm³/mol. The highest BCUT2D eigenvalue weighted by molar-refractivity contribution is 9.10. The smallest absolute Gasteiger partial charge is 0.329 e. The fourth-order valence-corrected chi connectivity index (χ4v) is 2.28. The highest BCUT2D eigenvalue weighted by Gasteiger charge is 2.37. The van der Waals surface area contributed by atoms with Gasteiger partial charge in [0.25, 0.3) is 5.91 Å². The maximum Gasteiger partial charge on any atom is 0.329 e. The molecule has 1 aromatic heterocycles. The van der Waals surface area contributed by atoms with Gasteiger partial charge in [-0.15, -0.1) is 0 Å². The van der Waals surface area contributed by atoms with Crippen molar-refractivity contribution in [1.82, 2.24) is 9.47 Å². The topological polar surface area (TPSA) is 62.5 Å². The van der Waals surface area contributed by atoms with E-state index in [9.17, 15) is 14.7 Å². The van der Waals surface area contributed by atoms with E-state index in [1.807, 2.05) is 10.8 Å². The number of hydrogen-bond acceptors (Lipinski definition) is 2. The van der Waals surface area contributed by atoms with Gasteiger partial charge in [0.1, 0.15) is 11.2 Å². The Bertz CT molecular complexity index is 532. The van der Waals surface area contributed by atoms with Gasteiger partial charge in [-0.05, 0) is 48.7 Å². The third kappa shape index (κ3) is 2.54. The van der Waals surface area contributed by atoms with Crippen LogP contribution in [0.2, 0.25) is 0 Å². The number of nitrogens with zero attached hydrogens (tertiary/aromatic N) is 2. The van der Waals surface area contributed by atoms with E-state index in [1.54, 1.807) is 6.07 Å². The first kappa shape index (κ1) is 14.1. The van der Waals surface area contributed by atoms with Crippen LogP contribution in [0.25, 0.3) is 0 Å². The standard InChI is InChI=1S/C13H17BrN2O3/c1-13(2,12(18)19)15(3)11(17)10-6-8(14)7-16(10)9-4-5-9/h6-7,9H,4-5H2,1-3H3,(H,18,19). The van der Waals surface area contributed by atoms with Crippen molar-refractivity contribution >= 4 is 27.8 Å². The second-order valence-electron chi connectivity index (χ2n) is 5.41. The van der Waals surface area contributed by atoms with Gasteiger partial charge in [-0.2, -0.15) is 0 Å². The molecule has 2 rings (SSSR count). The van der Waals surface area contributed by atoms with Crippen molar-refractivity contribution in [3.05, 3.63) is 22.4 Å². The molecule has 0 atom stereocenters. The molecule has 0 bridgehead atoms. The number of hydrogen-bond donors (Lipinski definition) is 1.